The number of carbonyl (C=O) groups is 1. The molecule has 6 heteroatoms. The van der Waals surface area contributed by atoms with E-state index in [1.807, 2.05) is 6.08 Å². The predicted molar refractivity (Wildman–Crippen MR) is 113 cm³/mol. The Bertz CT molecular complexity index is 513. The minimum Gasteiger partial charge on any atom is -0.462 e. The Hall–Kier alpha value is -0.436. The average Bonchev–Trinajstić information content (AvgIpc) is 2.44. The molecule has 0 N–H and O–H groups in total. The maximum Gasteiger partial charge on any atom is 0.330 e. The van der Waals surface area contributed by atoms with E-state index in [0.29, 0.717) is 13.2 Å². The molecule has 0 radical (unpaired) electrons. The van der Waals surface area contributed by atoms with Gasteiger partial charge in [-0.15, -0.1) is 0 Å². The van der Waals surface area contributed by atoms with E-state index in [-0.39, 0.29) is 28.1 Å². The first-order chi connectivity index (χ1) is 11.6. The molecule has 1 rings (SSSR count). The normalized spacial score (nSPS) is 20.8. The van der Waals surface area contributed by atoms with Crippen molar-refractivity contribution in [3.8, 4) is 0 Å². The second-order valence-electron chi connectivity index (χ2n) is 10.5. The van der Waals surface area contributed by atoms with Crippen molar-refractivity contribution in [1.29, 1.82) is 0 Å². The molecule has 0 fully saturated rings. The van der Waals surface area contributed by atoms with Gasteiger partial charge in [0.05, 0.1) is 6.10 Å². The molecule has 0 spiro atoms. The summed E-state index contributed by atoms with van der Waals surface area (Å²) in [5, 5.41) is 0.337. The molecule has 0 aromatic carbocycles. The third-order valence-electron chi connectivity index (χ3n) is 6.30. The lowest BCUT2D eigenvalue weighted by molar-refractivity contribution is -0.140. The topological polar surface area (TPSA) is 44.8 Å². The highest BCUT2D eigenvalue weighted by Crippen LogP contribution is 2.40. The number of cyclic esters (lactones) is 1. The summed E-state index contributed by atoms with van der Waals surface area (Å²) >= 11 is 0. The monoisotopic (exact) mass is 400 g/mol. The van der Waals surface area contributed by atoms with Crippen molar-refractivity contribution in [2.45, 2.75) is 90.3 Å². The summed E-state index contributed by atoms with van der Waals surface area (Å²) in [6.07, 6.45) is 4.33. The maximum atomic E-state index is 11.4. The molecule has 1 aliphatic rings. The molecule has 0 saturated carbocycles. The highest BCUT2D eigenvalue weighted by molar-refractivity contribution is 6.74. The van der Waals surface area contributed by atoms with Crippen LogP contribution >= 0.6 is 0 Å². The molecule has 26 heavy (non-hydrogen) atoms. The van der Waals surface area contributed by atoms with Crippen molar-refractivity contribution in [3.63, 3.8) is 0 Å². The van der Waals surface area contributed by atoms with Crippen LogP contribution in [0.1, 0.15) is 48.0 Å². The lowest BCUT2D eigenvalue weighted by Crippen LogP contribution is -2.47. The van der Waals surface area contributed by atoms with Crippen LogP contribution in [0.2, 0.25) is 36.3 Å². The largest absolute Gasteiger partial charge is 0.462 e. The third kappa shape index (κ3) is 6.32. The van der Waals surface area contributed by atoms with Gasteiger partial charge < -0.3 is 13.6 Å². The van der Waals surface area contributed by atoms with Crippen molar-refractivity contribution >= 4 is 22.6 Å². The van der Waals surface area contributed by atoms with E-state index in [0.717, 1.165) is 6.42 Å². The lowest BCUT2D eigenvalue weighted by atomic mass is 9.99. The molecule has 0 bridgehead atoms. The highest BCUT2D eigenvalue weighted by atomic mass is 28.4. The molecular formula is C20H40O4Si2. The Morgan fingerprint density at radius 3 is 2.04 bits per heavy atom. The Morgan fingerprint density at radius 2 is 1.62 bits per heavy atom. The summed E-state index contributed by atoms with van der Waals surface area (Å²) in [4.78, 5) is 11.4. The van der Waals surface area contributed by atoms with Gasteiger partial charge in [-0.3, -0.25) is 0 Å². The zero-order valence-electron chi connectivity index (χ0n) is 18.6. The van der Waals surface area contributed by atoms with E-state index in [1.165, 1.54) is 6.08 Å². The second-order valence-corrected chi connectivity index (χ2v) is 20.0. The molecule has 4 nitrogen and oxygen atoms in total. The van der Waals surface area contributed by atoms with Gasteiger partial charge in [-0.1, -0.05) is 47.6 Å². The zero-order chi connectivity index (χ0) is 20.4. The van der Waals surface area contributed by atoms with E-state index >= 15 is 0 Å². The van der Waals surface area contributed by atoms with Crippen molar-refractivity contribution in [2.75, 3.05) is 13.2 Å². The lowest BCUT2D eigenvalue weighted by Gasteiger charge is -2.42. The molecule has 0 aliphatic carbocycles. The van der Waals surface area contributed by atoms with Gasteiger partial charge in [-0.25, -0.2) is 4.79 Å². The second kappa shape index (κ2) is 8.29. The summed E-state index contributed by atoms with van der Waals surface area (Å²) in [6.45, 7) is 23.7. The van der Waals surface area contributed by atoms with Gasteiger partial charge in [-0.05, 0) is 42.7 Å². The van der Waals surface area contributed by atoms with Gasteiger partial charge in [0.15, 0.2) is 16.6 Å². The Morgan fingerprint density at radius 1 is 1.08 bits per heavy atom. The fraction of sp³-hybridized carbons (Fsp3) is 0.850. The Kier molecular flexibility index (Phi) is 7.52. The third-order valence-corrected chi connectivity index (χ3v) is 15.3. The number of hydrogen-bond donors (Lipinski definition) is 0. The summed E-state index contributed by atoms with van der Waals surface area (Å²) in [7, 11) is -3.70. The number of esters is 1. The molecular weight excluding hydrogens is 360 g/mol. The van der Waals surface area contributed by atoms with Crippen LogP contribution in [-0.4, -0.2) is 41.9 Å². The molecule has 152 valence electrons. The zero-order valence-corrected chi connectivity index (χ0v) is 20.6. The number of ether oxygens (including phenoxy) is 1. The van der Waals surface area contributed by atoms with E-state index < -0.39 is 16.6 Å². The number of hydrogen-bond acceptors (Lipinski definition) is 4. The summed E-state index contributed by atoms with van der Waals surface area (Å²) in [5.74, 6) is -0.158. The predicted octanol–water partition coefficient (Wildman–Crippen LogP) is 5.52. The van der Waals surface area contributed by atoms with E-state index in [1.54, 1.807) is 0 Å². The van der Waals surface area contributed by atoms with Crippen LogP contribution in [0.25, 0.3) is 0 Å². The molecule has 0 aromatic heterocycles. The van der Waals surface area contributed by atoms with Crippen LogP contribution in [0.4, 0.5) is 0 Å². The smallest absolute Gasteiger partial charge is 0.330 e. The fourth-order valence-electron chi connectivity index (χ4n) is 2.28. The summed E-state index contributed by atoms with van der Waals surface area (Å²) < 4.78 is 18.3. The van der Waals surface area contributed by atoms with E-state index in [9.17, 15) is 4.79 Å². The van der Waals surface area contributed by atoms with Gasteiger partial charge in [0.1, 0.15) is 6.61 Å². The van der Waals surface area contributed by atoms with Gasteiger partial charge in [0, 0.05) is 18.6 Å². The van der Waals surface area contributed by atoms with Crippen LogP contribution < -0.4 is 0 Å². The van der Waals surface area contributed by atoms with Crippen LogP contribution in [0.5, 0.6) is 0 Å². The molecule has 0 aromatic rings. The van der Waals surface area contributed by atoms with Crippen LogP contribution in [0, 0.1) is 5.92 Å². The maximum absolute atomic E-state index is 11.4. The van der Waals surface area contributed by atoms with Crippen molar-refractivity contribution < 1.29 is 18.4 Å². The van der Waals surface area contributed by atoms with Crippen LogP contribution in [0.15, 0.2) is 12.2 Å². The SMILES string of the molecule is CC(C)(C)[Si](C)(C)OCC[C@H](O[Si](C)(C)C(C)(C)C)[C@H]1C=CC(=O)OC1. The Labute approximate surface area is 162 Å². The van der Waals surface area contributed by atoms with Crippen molar-refractivity contribution in [3.05, 3.63) is 12.2 Å². The molecule has 2 atom stereocenters. The van der Waals surface area contributed by atoms with E-state index in [4.69, 9.17) is 13.6 Å². The minimum atomic E-state index is -1.92. The fourth-order valence-corrected chi connectivity index (χ4v) is 4.74. The molecule has 1 aliphatic heterocycles. The molecule has 0 amide bonds. The van der Waals surface area contributed by atoms with Crippen LogP contribution in [-0.2, 0) is 18.4 Å². The first kappa shape index (κ1) is 23.6. The standard InChI is InChI=1S/C20H40O4Si2/c1-19(2,3)25(7,8)23-14-13-17(16-11-12-18(21)22-15-16)24-26(9,10)20(4,5)6/h11-12,16-17H,13-15H2,1-10H3/t16-,17-/m0/s1. The number of carbonyl (C=O) groups excluding carboxylic acids is 1. The van der Waals surface area contributed by atoms with Crippen LogP contribution in [0.3, 0.4) is 0 Å². The summed E-state index contributed by atoms with van der Waals surface area (Å²) in [6, 6.07) is 0. The van der Waals surface area contributed by atoms with Gasteiger partial charge >= 0.3 is 5.97 Å². The molecule has 0 unspecified atom stereocenters. The number of rotatable bonds is 7. The minimum absolute atomic E-state index is 0.0185. The van der Waals surface area contributed by atoms with Gasteiger partial charge in [0.25, 0.3) is 0 Å². The van der Waals surface area contributed by atoms with Crippen molar-refractivity contribution in [1.82, 2.24) is 0 Å². The Balaban J connectivity index is 2.85. The van der Waals surface area contributed by atoms with E-state index in [2.05, 4.69) is 67.7 Å². The van der Waals surface area contributed by atoms with Gasteiger partial charge in [0.2, 0.25) is 0 Å². The molecule has 1 heterocycles. The highest BCUT2D eigenvalue weighted by Gasteiger charge is 2.41. The molecule has 0 saturated heterocycles. The van der Waals surface area contributed by atoms with Gasteiger partial charge in [-0.2, -0.15) is 0 Å². The van der Waals surface area contributed by atoms with Crippen molar-refractivity contribution in [2.24, 2.45) is 5.92 Å². The first-order valence-electron chi connectivity index (χ1n) is 9.73. The summed E-state index contributed by atoms with van der Waals surface area (Å²) in [5.41, 5.74) is 0. The quantitative estimate of drug-likeness (QED) is 0.417. The average molecular weight is 401 g/mol. The first-order valence-corrected chi connectivity index (χ1v) is 15.6.